The third-order valence-electron chi connectivity index (χ3n) is 3.47. The predicted octanol–water partition coefficient (Wildman–Crippen LogP) is 3.66. The van der Waals surface area contributed by atoms with Crippen LogP contribution in [0, 0.1) is 13.8 Å². The summed E-state index contributed by atoms with van der Waals surface area (Å²) < 4.78 is 2.18. The summed E-state index contributed by atoms with van der Waals surface area (Å²) in [5.41, 5.74) is 2.58. The molecule has 0 aliphatic carbocycles. The molecule has 110 valence electrons. The standard InChI is InChI=1S/C17H14BrN3O/c1-11-5-3-4-6-13(11)10-19-21-12(2)20-16-8-7-14(18)9-15(16)17(21)22/h3-10H,1-2H3. The second-order valence-corrected chi connectivity index (χ2v) is 5.95. The Morgan fingerprint density at radius 1 is 1.18 bits per heavy atom. The van der Waals surface area contributed by atoms with Crippen LogP contribution in [0.3, 0.4) is 0 Å². The highest BCUT2D eigenvalue weighted by Crippen LogP contribution is 2.15. The Bertz CT molecular complexity index is 944. The molecule has 4 nitrogen and oxygen atoms in total. The lowest BCUT2D eigenvalue weighted by atomic mass is 10.1. The zero-order valence-electron chi connectivity index (χ0n) is 12.2. The van der Waals surface area contributed by atoms with E-state index < -0.39 is 0 Å². The van der Waals surface area contributed by atoms with Gasteiger partial charge >= 0.3 is 0 Å². The number of benzene rings is 2. The molecule has 0 saturated carbocycles. The van der Waals surface area contributed by atoms with E-state index in [1.807, 2.05) is 43.3 Å². The zero-order valence-corrected chi connectivity index (χ0v) is 13.8. The number of nitrogens with zero attached hydrogens (tertiary/aromatic N) is 3. The topological polar surface area (TPSA) is 47.2 Å². The van der Waals surface area contributed by atoms with Gasteiger partial charge in [-0.3, -0.25) is 4.79 Å². The normalized spacial score (nSPS) is 11.4. The fraction of sp³-hybridized carbons (Fsp3) is 0.118. The van der Waals surface area contributed by atoms with Gasteiger partial charge in [0.1, 0.15) is 5.82 Å². The molecule has 0 fully saturated rings. The Labute approximate surface area is 136 Å². The average Bonchev–Trinajstić information content (AvgIpc) is 2.50. The van der Waals surface area contributed by atoms with E-state index >= 15 is 0 Å². The van der Waals surface area contributed by atoms with Crippen molar-refractivity contribution < 1.29 is 0 Å². The maximum Gasteiger partial charge on any atom is 0.282 e. The molecular formula is C17H14BrN3O. The molecule has 0 amide bonds. The van der Waals surface area contributed by atoms with Crippen molar-refractivity contribution in [1.82, 2.24) is 9.66 Å². The second-order valence-electron chi connectivity index (χ2n) is 5.04. The summed E-state index contributed by atoms with van der Waals surface area (Å²) in [5.74, 6) is 0.560. The molecule has 0 spiro atoms. The Balaban J connectivity index is 2.15. The van der Waals surface area contributed by atoms with Gasteiger partial charge in [-0.1, -0.05) is 40.2 Å². The van der Waals surface area contributed by atoms with Crippen molar-refractivity contribution in [3.63, 3.8) is 0 Å². The minimum absolute atomic E-state index is 0.173. The molecule has 22 heavy (non-hydrogen) atoms. The van der Waals surface area contributed by atoms with E-state index in [0.29, 0.717) is 16.7 Å². The third kappa shape index (κ3) is 2.72. The SMILES string of the molecule is Cc1ccccc1C=Nn1c(C)nc2ccc(Br)cc2c1=O. The van der Waals surface area contributed by atoms with Crippen molar-refractivity contribution in [3.05, 3.63) is 74.2 Å². The van der Waals surface area contributed by atoms with Gasteiger partial charge in [-0.25, -0.2) is 4.98 Å². The molecule has 0 atom stereocenters. The largest absolute Gasteiger partial charge is 0.282 e. The Kier molecular flexibility index (Phi) is 3.90. The smallest absolute Gasteiger partial charge is 0.267 e. The van der Waals surface area contributed by atoms with Crippen molar-refractivity contribution in [2.45, 2.75) is 13.8 Å². The molecule has 0 unspecified atom stereocenters. The van der Waals surface area contributed by atoms with E-state index in [1.54, 1.807) is 19.2 Å². The lowest BCUT2D eigenvalue weighted by Gasteiger charge is -2.06. The molecule has 3 rings (SSSR count). The third-order valence-corrected chi connectivity index (χ3v) is 3.96. The van der Waals surface area contributed by atoms with E-state index in [4.69, 9.17) is 0 Å². The minimum Gasteiger partial charge on any atom is -0.267 e. The number of halogens is 1. The first kappa shape index (κ1) is 14.7. The summed E-state index contributed by atoms with van der Waals surface area (Å²) >= 11 is 3.38. The second kappa shape index (κ2) is 5.85. The molecule has 1 aromatic heterocycles. The first-order valence-electron chi connectivity index (χ1n) is 6.85. The highest BCUT2D eigenvalue weighted by atomic mass is 79.9. The van der Waals surface area contributed by atoms with Crippen LogP contribution in [0.2, 0.25) is 0 Å². The van der Waals surface area contributed by atoms with Gasteiger partial charge in [-0.2, -0.15) is 9.78 Å². The van der Waals surface area contributed by atoms with Crippen molar-refractivity contribution in [2.75, 3.05) is 0 Å². The molecule has 0 saturated heterocycles. The van der Waals surface area contributed by atoms with Gasteiger partial charge in [0.2, 0.25) is 0 Å². The van der Waals surface area contributed by atoms with E-state index in [1.165, 1.54) is 4.68 Å². The number of hydrogen-bond donors (Lipinski definition) is 0. The summed E-state index contributed by atoms with van der Waals surface area (Å²) in [6.07, 6.45) is 1.69. The molecular weight excluding hydrogens is 342 g/mol. The van der Waals surface area contributed by atoms with Crippen LogP contribution in [0.1, 0.15) is 17.0 Å². The summed E-state index contributed by atoms with van der Waals surface area (Å²) in [5, 5.41) is 4.86. The minimum atomic E-state index is -0.173. The van der Waals surface area contributed by atoms with E-state index in [0.717, 1.165) is 15.6 Å². The van der Waals surface area contributed by atoms with Gasteiger partial charge in [0.15, 0.2) is 0 Å². The molecule has 1 heterocycles. The van der Waals surface area contributed by atoms with Gasteiger partial charge < -0.3 is 0 Å². The highest BCUT2D eigenvalue weighted by Gasteiger charge is 2.07. The molecule has 0 bridgehead atoms. The lowest BCUT2D eigenvalue weighted by molar-refractivity contribution is 0.770. The molecule has 0 N–H and O–H groups in total. The summed E-state index contributed by atoms with van der Waals surface area (Å²) in [6.45, 7) is 3.78. The lowest BCUT2D eigenvalue weighted by Crippen LogP contribution is -2.20. The van der Waals surface area contributed by atoms with Gasteiger partial charge in [0.05, 0.1) is 17.1 Å². The zero-order chi connectivity index (χ0) is 15.7. The first-order chi connectivity index (χ1) is 10.6. The van der Waals surface area contributed by atoms with E-state index in [2.05, 4.69) is 26.0 Å². The maximum atomic E-state index is 12.6. The van der Waals surface area contributed by atoms with Crippen LogP contribution in [0.4, 0.5) is 0 Å². The highest BCUT2D eigenvalue weighted by molar-refractivity contribution is 9.10. The fourth-order valence-electron chi connectivity index (χ4n) is 2.25. The summed E-state index contributed by atoms with van der Waals surface area (Å²) in [4.78, 5) is 17.0. The van der Waals surface area contributed by atoms with Crippen LogP contribution in [0.15, 0.2) is 56.8 Å². The summed E-state index contributed by atoms with van der Waals surface area (Å²) in [7, 11) is 0. The number of aryl methyl sites for hydroxylation is 2. The predicted molar refractivity (Wildman–Crippen MR) is 92.6 cm³/mol. The Morgan fingerprint density at radius 3 is 2.73 bits per heavy atom. The maximum absolute atomic E-state index is 12.6. The van der Waals surface area contributed by atoms with Crippen molar-refractivity contribution in [2.24, 2.45) is 5.10 Å². The van der Waals surface area contributed by atoms with Crippen molar-refractivity contribution >= 4 is 33.0 Å². The molecule has 2 aromatic carbocycles. The van der Waals surface area contributed by atoms with Crippen LogP contribution >= 0.6 is 15.9 Å². The first-order valence-corrected chi connectivity index (χ1v) is 7.64. The molecule has 0 radical (unpaired) electrons. The number of hydrogen-bond acceptors (Lipinski definition) is 3. The number of aromatic nitrogens is 2. The van der Waals surface area contributed by atoms with Crippen LogP contribution < -0.4 is 5.56 Å². The quantitative estimate of drug-likeness (QED) is 0.658. The van der Waals surface area contributed by atoms with Gasteiger partial charge in [-0.15, -0.1) is 0 Å². The Morgan fingerprint density at radius 2 is 1.95 bits per heavy atom. The van der Waals surface area contributed by atoms with Crippen molar-refractivity contribution in [3.8, 4) is 0 Å². The fourth-order valence-corrected chi connectivity index (χ4v) is 2.61. The molecule has 3 aromatic rings. The van der Waals surface area contributed by atoms with Crippen molar-refractivity contribution in [1.29, 1.82) is 0 Å². The Hall–Kier alpha value is -2.27. The van der Waals surface area contributed by atoms with Gasteiger partial charge in [-0.05, 0) is 43.2 Å². The monoisotopic (exact) mass is 355 g/mol. The van der Waals surface area contributed by atoms with Crippen LogP contribution in [-0.4, -0.2) is 15.9 Å². The molecule has 0 aliphatic heterocycles. The molecule has 5 heteroatoms. The summed E-state index contributed by atoms with van der Waals surface area (Å²) in [6, 6.07) is 13.3. The van der Waals surface area contributed by atoms with E-state index in [-0.39, 0.29) is 5.56 Å². The van der Waals surface area contributed by atoms with Crippen LogP contribution in [-0.2, 0) is 0 Å². The van der Waals surface area contributed by atoms with Gasteiger partial charge in [0.25, 0.3) is 5.56 Å². The number of fused-ring (bicyclic) bond motifs is 1. The van der Waals surface area contributed by atoms with Gasteiger partial charge in [0, 0.05) is 4.47 Å². The van der Waals surface area contributed by atoms with Crippen LogP contribution in [0.5, 0.6) is 0 Å². The van der Waals surface area contributed by atoms with E-state index in [9.17, 15) is 4.79 Å². The number of rotatable bonds is 2. The molecule has 0 aliphatic rings. The van der Waals surface area contributed by atoms with Crippen LogP contribution in [0.25, 0.3) is 10.9 Å². The average molecular weight is 356 g/mol.